The Labute approximate surface area is 149 Å². The van der Waals surface area contributed by atoms with Crippen LogP contribution in [0.15, 0.2) is 54.6 Å². The van der Waals surface area contributed by atoms with Crippen LogP contribution in [-0.4, -0.2) is 42.7 Å². The Morgan fingerprint density at radius 1 is 1.08 bits per heavy atom. The van der Waals surface area contributed by atoms with Gasteiger partial charge < -0.3 is 20.6 Å². The zero-order chi connectivity index (χ0) is 18.2. The molecule has 134 valence electrons. The maximum atomic E-state index is 12.2. The first-order valence-electron chi connectivity index (χ1n) is 8.49. The van der Waals surface area contributed by atoms with Crippen LogP contribution in [0.2, 0.25) is 0 Å². The molecule has 2 aromatic carbocycles. The summed E-state index contributed by atoms with van der Waals surface area (Å²) < 4.78 is 0. The van der Waals surface area contributed by atoms with Gasteiger partial charge in [0.05, 0.1) is 6.04 Å². The lowest BCUT2D eigenvalue weighted by Crippen LogP contribution is -2.45. The molecular formula is C20H27N3O2. The number of carbonyl (C=O) groups excluding carboxylic acids is 1. The van der Waals surface area contributed by atoms with Gasteiger partial charge in [0.1, 0.15) is 5.75 Å². The molecule has 0 bridgehead atoms. The molecule has 2 atom stereocenters. The van der Waals surface area contributed by atoms with Crippen molar-refractivity contribution in [2.24, 2.45) is 0 Å². The van der Waals surface area contributed by atoms with E-state index in [0.29, 0.717) is 6.54 Å². The van der Waals surface area contributed by atoms with Gasteiger partial charge in [-0.15, -0.1) is 0 Å². The molecule has 0 heterocycles. The van der Waals surface area contributed by atoms with E-state index in [1.807, 2.05) is 63.5 Å². The number of phenols is 1. The molecule has 0 radical (unpaired) electrons. The van der Waals surface area contributed by atoms with Crippen LogP contribution in [0.4, 0.5) is 4.79 Å². The standard InChI is InChI=1S/C20H27N3O2/c1-15(17-7-5-4-6-8-17)22-20(25)21-14-18(23(2)3)13-16-9-11-19(24)12-10-16/h4-12,15,18,24H,13-14H2,1-3H3,(H2,21,22,25)/t15-,18?/m0/s1. The second-order valence-electron chi connectivity index (χ2n) is 6.47. The first kappa shape index (κ1) is 18.8. The lowest BCUT2D eigenvalue weighted by atomic mass is 10.0. The van der Waals surface area contributed by atoms with Gasteiger partial charge in [0.25, 0.3) is 0 Å². The SMILES string of the molecule is C[C@H](NC(=O)NCC(Cc1ccc(O)cc1)N(C)C)c1ccccc1. The predicted molar refractivity (Wildman–Crippen MR) is 101 cm³/mol. The van der Waals surface area contributed by atoms with E-state index >= 15 is 0 Å². The number of likely N-dealkylation sites (N-methyl/N-ethyl adjacent to an activating group) is 1. The number of nitrogens with zero attached hydrogens (tertiary/aromatic N) is 1. The molecule has 1 unspecified atom stereocenters. The van der Waals surface area contributed by atoms with Crippen molar-refractivity contribution >= 4 is 6.03 Å². The summed E-state index contributed by atoms with van der Waals surface area (Å²) in [7, 11) is 3.99. The van der Waals surface area contributed by atoms with E-state index in [9.17, 15) is 9.90 Å². The second kappa shape index (κ2) is 9.08. The van der Waals surface area contributed by atoms with Crippen LogP contribution >= 0.6 is 0 Å². The Bertz CT molecular complexity index is 656. The van der Waals surface area contributed by atoms with Gasteiger partial charge in [0.15, 0.2) is 0 Å². The highest BCUT2D eigenvalue weighted by molar-refractivity contribution is 5.74. The molecule has 0 aromatic heterocycles. The minimum absolute atomic E-state index is 0.0453. The van der Waals surface area contributed by atoms with Crippen LogP contribution < -0.4 is 10.6 Å². The number of nitrogens with one attached hydrogen (secondary N) is 2. The first-order chi connectivity index (χ1) is 12.0. The Hall–Kier alpha value is -2.53. The molecule has 0 aliphatic heterocycles. The van der Waals surface area contributed by atoms with Gasteiger partial charge in [-0.2, -0.15) is 0 Å². The minimum Gasteiger partial charge on any atom is -0.508 e. The van der Waals surface area contributed by atoms with E-state index in [4.69, 9.17) is 0 Å². The topological polar surface area (TPSA) is 64.6 Å². The highest BCUT2D eigenvalue weighted by Gasteiger charge is 2.15. The van der Waals surface area contributed by atoms with Crippen molar-refractivity contribution in [3.63, 3.8) is 0 Å². The van der Waals surface area contributed by atoms with Crippen LogP contribution in [-0.2, 0) is 6.42 Å². The minimum atomic E-state index is -0.172. The number of amides is 2. The summed E-state index contributed by atoms with van der Waals surface area (Å²) in [6, 6.07) is 17.0. The third-order valence-electron chi connectivity index (χ3n) is 4.28. The molecule has 5 nitrogen and oxygen atoms in total. The number of hydrogen-bond donors (Lipinski definition) is 3. The molecule has 2 aromatic rings. The Balaban J connectivity index is 1.85. The Morgan fingerprint density at radius 3 is 2.32 bits per heavy atom. The van der Waals surface area contributed by atoms with E-state index in [0.717, 1.165) is 17.5 Å². The molecule has 3 N–H and O–H groups in total. The molecule has 0 fully saturated rings. The van der Waals surface area contributed by atoms with Crippen molar-refractivity contribution in [1.82, 2.24) is 15.5 Å². The fraction of sp³-hybridized carbons (Fsp3) is 0.350. The molecule has 5 heteroatoms. The van der Waals surface area contributed by atoms with Crippen molar-refractivity contribution < 1.29 is 9.90 Å². The average molecular weight is 341 g/mol. The van der Waals surface area contributed by atoms with Gasteiger partial charge in [0.2, 0.25) is 0 Å². The van der Waals surface area contributed by atoms with Gasteiger partial charge in [-0.05, 0) is 50.7 Å². The fourth-order valence-electron chi connectivity index (χ4n) is 2.62. The molecule has 0 spiro atoms. The lowest BCUT2D eigenvalue weighted by molar-refractivity contribution is 0.229. The molecule has 0 saturated carbocycles. The van der Waals surface area contributed by atoms with Gasteiger partial charge in [0, 0.05) is 12.6 Å². The van der Waals surface area contributed by atoms with E-state index < -0.39 is 0 Å². The molecule has 2 rings (SSSR count). The van der Waals surface area contributed by atoms with Gasteiger partial charge >= 0.3 is 6.03 Å². The third-order valence-corrected chi connectivity index (χ3v) is 4.28. The van der Waals surface area contributed by atoms with Crippen LogP contribution in [0.5, 0.6) is 5.75 Å². The summed E-state index contributed by atoms with van der Waals surface area (Å²) in [5.74, 6) is 0.262. The smallest absolute Gasteiger partial charge is 0.315 e. The lowest BCUT2D eigenvalue weighted by Gasteiger charge is -2.25. The molecular weight excluding hydrogens is 314 g/mol. The van der Waals surface area contributed by atoms with E-state index in [2.05, 4.69) is 15.5 Å². The number of aromatic hydroxyl groups is 1. The number of hydrogen-bond acceptors (Lipinski definition) is 3. The van der Waals surface area contributed by atoms with E-state index in [-0.39, 0.29) is 23.9 Å². The predicted octanol–water partition coefficient (Wildman–Crippen LogP) is 2.93. The number of rotatable bonds is 7. The van der Waals surface area contributed by atoms with Gasteiger partial charge in [-0.3, -0.25) is 0 Å². The summed E-state index contributed by atoms with van der Waals surface area (Å²) >= 11 is 0. The van der Waals surface area contributed by atoms with Crippen molar-refractivity contribution in [3.05, 3.63) is 65.7 Å². The van der Waals surface area contributed by atoms with E-state index in [1.54, 1.807) is 12.1 Å². The fourth-order valence-corrected chi connectivity index (χ4v) is 2.62. The Morgan fingerprint density at radius 2 is 1.72 bits per heavy atom. The molecule has 25 heavy (non-hydrogen) atoms. The quantitative estimate of drug-likeness (QED) is 0.725. The highest BCUT2D eigenvalue weighted by Crippen LogP contribution is 2.13. The zero-order valence-corrected chi connectivity index (χ0v) is 15.1. The number of carbonyl (C=O) groups is 1. The zero-order valence-electron chi connectivity index (χ0n) is 15.1. The van der Waals surface area contributed by atoms with Crippen molar-refractivity contribution in [1.29, 1.82) is 0 Å². The summed E-state index contributed by atoms with van der Waals surface area (Å²) in [5, 5.41) is 15.3. The van der Waals surface area contributed by atoms with Crippen molar-refractivity contribution in [3.8, 4) is 5.75 Å². The number of urea groups is 1. The second-order valence-corrected chi connectivity index (χ2v) is 6.47. The first-order valence-corrected chi connectivity index (χ1v) is 8.49. The monoisotopic (exact) mass is 341 g/mol. The molecule has 2 amide bonds. The Kier molecular flexibility index (Phi) is 6.83. The third kappa shape index (κ3) is 6.12. The highest BCUT2D eigenvalue weighted by atomic mass is 16.3. The maximum absolute atomic E-state index is 12.2. The van der Waals surface area contributed by atoms with Crippen LogP contribution in [0, 0.1) is 0 Å². The number of benzene rings is 2. The summed E-state index contributed by atoms with van der Waals surface area (Å²) in [6.07, 6.45) is 0.793. The largest absolute Gasteiger partial charge is 0.508 e. The molecule has 0 saturated heterocycles. The van der Waals surface area contributed by atoms with Crippen LogP contribution in [0.3, 0.4) is 0 Å². The number of phenolic OH excluding ortho intramolecular Hbond substituents is 1. The summed E-state index contributed by atoms with van der Waals surface area (Å²) in [5.41, 5.74) is 2.20. The maximum Gasteiger partial charge on any atom is 0.315 e. The van der Waals surface area contributed by atoms with E-state index in [1.165, 1.54) is 0 Å². The molecule has 0 aliphatic rings. The van der Waals surface area contributed by atoms with Gasteiger partial charge in [-0.25, -0.2) is 4.79 Å². The van der Waals surface area contributed by atoms with Crippen LogP contribution in [0.1, 0.15) is 24.1 Å². The summed E-state index contributed by atoms with van der Waals surface area (Å²) in [6.45, 7) is 2.51. The molecule has 0 aliphatic carbocycles. The normalized spacial score (nSPS) is 13.3. The van der Waals surface area contributed by atoms with Crippen LogP contribution in [0.25, 0.3) is 0 Å². The average Bonchev–Trinajstić information content (AvgIpc) is 2.60. The van der Waals surface area contributed by atoms with Gasteiger partial charge in [-0.1, -0.05) is 42.5 Å². The van der Waals surface area contributed by atoms with Crippen molar-refractivity contribution in [2.75, 3.05) is 20.6 Å². The van der Waals surface area contributed by atoms with Crippen molar-refractivity contribution in [2.45, 2.75) is 25.4 Å². The summed E-state index contributed by atoms with van der Waals surface area (Å²) in [4.78, 5) is 14.3.